The average molecular weight is 614 g/mol. The second-order valence-corrected chi connectivity index (χ2v) is 13.5. The van der Waals surface area contributed by atoms with Crippen molar-refractivity contribution in [3.63, 3.8) is 0 Å². The molecule has 1 unspecified atom stereocenters. The lowest BCUT2D eigenvalue weighted by Gasteiger charge is -2.34. The molecule has 1 aromatic heterocycles. The summed E-state index contributed by atoms with van der Waals surface area (Å²) in [5, 5.41) is 8.58. The van der Waals surface area contributed by atoms with E-state index in [9.17, 15) is 4.21 Å². The fourth-order valence-corrected chi connectivity index (χ4v) is 6.81. The monoisotopic (exact) mass is 613 g/mol. The van der Waals surface area contributed by atoms with Gasteiger partial charge in [0, 0.05) is 36.5 Å². The second kappa shape index (κ2) is 16.2. The maximum atomic E-state index is 13.1. The molecule has 0 saturated carbocycles. The number of piperidine rings is 1. The van der Waals surface area contributed by atoms with Crippen LogP contribution in [0.4, 0.5) is 0 Å². The van der Waals surface area contributed by atoms with Gasteiger partial charge < -0.3 is 10.2 Å². The normalized spacial score (nSPS) is 16.5. The first-order chi connectivity index (χ1) is 21.2. The van der Waals surface area contributed by atoms with Crippen molar-refractivity contribution in [2.75, 3.05) is 27.2 Å². The molecule has 1 aliphatic heterocycles. The van der Waals surface area contributed by atoms with E-state index in [2.05, 4.69) is 123 Å². The number of aromatic nitrogens is 2. The van der Waals surface area contributed by atoms with Crippen LogP contribution in [0.1, 0.15) is 81.3 Å². The summed E-state index contributed by atoms with van der Waals surface area (Å²) < 4.78 is 17.2. The second-order valence-electron chi connectivity index (χ2n) is 12.0. The van der Waals surface area contributed by atoms with Crippen LogP contribution in [-0.2, 0) is 23.3 Å². The predicted octanol–water partition coefficient (Wildman–Crippen LogP) is 7.67. The molecule has 2 aromatic carbocycles. The van der Waals surface area contributed by atoms with Gasteiger partial charge in [-0.2, -0.15) is 5.10 Å². The Morgan fingerprint density at radius 2 is 1.73 bits per heavy atom. The Balaban J connectivity index is 1.48. The van der Waals surface area contributed by atoms with Crippen LogP contribution in [0.25, 0.3) is 17.3 Å². The summed E-state index contributed by atoms with van der Waals surface area (Å²) in [4.78, 5) is 2.35. The summed E-state index contributed by atoms with van der Waals surface area (Å²) in [5.41, 5.74) is 10.3. The van der Waals surface area contributed by atoms with Gasteiger partial charge in [0.15, 0.2) is 0 Å². The Hall–Kier alpha value is -3.26. The van der Waals surface area contributed by atoms with Crippen LogP contribution >= 0.6 is 0 Å². The highest BCUT2D eigenvalue weighted by atomic mass is 32.2. The molecule has 236 valence electrons. The zero-order valence-electron chi connectivity index (χ0n) is 27.8. The molecule has 1 N–H and O–H groups in total. The predicted molar refractivity (Wildman–Crippen MR) is 188 cm³/mol. The topological polar surface area (TPSA) is 53.4 Å². The first-order valence-corrected chi connectivity index (χ1v) is 17.3. The smallest absolute Gasteiger partial charge is 0.0987 e. The maximum Gasteiger partial charge on any atom is 0.0987 e. The Morgan fingerprint density at radius 1 is 1.07 bits per heavy atom. The number of nitrogens with one attached hydrogen (secondary N) is 1. The lowest BCUT2D eigenvalue weighted by molar-refractivity contribution is 0.201. The van der Waals surface area contributed by atoms with Gasteiger partial charge in [-0.25, -0.2) is 13.2 Å². The van der Waals surface area contributed by atoms with Crippen molar-refractivity contribution in [3.8, 4) is 5.69 Å². The molecule has 4 rings (SSSR count). The molecule has 44 heavy (non-hydrogen) atoms. The Kier molecular flexibility index (Phi) is 12.4. The van der Waals surface area contributed by atoms with Gasteiger partial charge in [0.2, 0.25) is 0 Å². The van der Waals surface area contributed by atoms with E-state index in [4.69, 9.17) is 5.10 Å². The van der Waals surface area contributed by atoms with Crippen LogP contribution in [0.3, 0.4) is 0 Å². The lowest BCUT2D eigenvalue weighted by Crippen LogP contribution is -2.42. The minimum absolute atomic E-state index is 0.394. The van der Waals surface area contributed by atoms with Gasteiger partial charge in [0.1, 0.15) is 0 Å². The third-order valence-corrected chi connectivity index (χ3v) is 10.1. The van der Waals surface area contributed by atoms with Crippen LogP contribution in [0, 0.1) is 6.92 Å². The van der Waals surface area contributed by atoms with E-state index in [0.29, 0.717) is 18.3 Å². The molecule has 2 heterocycles. The number of allylic oxidation sites excluding steroid dienone is 4. The standard InChI is InChI=1S/C37H51N5OS/c1-8-11-36(34(10-3)35-26-39-42(37(35)24-28(4)9-2)33-18-12-29(5)13-19-33)38-25-30-14-16-31(17-15-30)27-44(43)41(7)32-20-22-40(6)23-21-32/h10-19,24,26,32,38H,8-9,20-23,25,27H2,1-7H3/b28-24+,34-10+,36-11+. The van der Waals surface area contributed by atoms with Crippen molar-refractivity contribution in [1.82, 2.24) is 24.3 Å². The van der Waals surface area contributed by atoms with Gasteiger partial charge in [0.05, 0.1) is 34.3 Å². The molecule has 3 aromatic rings. The van der Waals surface area contributed by atoms with Gasteiger partial charge in [0.25, 0.3) is 0 Å². The number of likely N-dealkylation sites (tertiary alicyclic amines) is 1. The number of hydrogen-bond donors (Lipinski definition) is 1. The van der Waals surface area contributed by atoms with Crippen molar-refractivity contribution in [1.29, 1.82) is 0 Å². The maximum absolute atomic E-state index is 13.1. The van der Waals surface area contributed by atoms with Crippen LogP contribution in [0.2, 0.25) is 0 Å². The molecule has 7 heteroatoms. The molecule has 0 spiro atoms. The van der Waals surface area contributed by atoms with Crippen LogP contribution < -0.4 is 5.32 Å². The fourth-order valence-electron chi connectivity index (χ4n) is 5.59. The van der Waals surface area contributed by atoms with Crippen LogP contribution in [-0.4, -0.2) is 56.4 Å². The van der Waals surface area contributed by atoms with E-state index in [1.807, 2.05) is 17.9 Å². The molecule has 1 atom stereocenters. The largest absolute Gasteiger partial charge is 0.381 e. The summed E-state index contributed by atoms with van der Waals surface area (Å²) in [6.45, 7) is 13.6. The lowest BCUT2D eigenvalue weighted by atomic mass is 10.00. The first-order valence-electron chi connectivity index (χ1n) is 16.0. The van der Waals surface area contributed by atoms with Crippen LogP contribution in [0.5, 0.6) is 0 Å². The van der Waals surface area contributed by atoms with Crippen molar-refractivity contribution in [2.45, 2.75) is 78.6 Å². The van der Waals surface area contributed by atoms with E-state index in [1.165, 1.54) is 16.7 Å². The quantitative estimate of drug-likeness (QED) is 0.201. The van der Waals surface area contributed by atoms with Gasteiger partial charge in [-0.05, 0) is 95.9 Å². The Labute approximate surface area is 268 Å². The van der Waals surface area contributed by atoms with E-state index in [-0.39, 0.29) is 0 Å². The zero-order chi connectivity index (χ0) is 31.6. The SMILES string of the molecule is C/C=C(/C(=C\CC)NCc1ccc(CS(=O)N(C)C2CCN(C)CC2)cc1)c1cnn(-c2ccc(C)cc2)c1/C=C(\C)CC. The summed E-state index contributed by atoms with van der Waals surface area (Å²) in [5.74, 6) is 0.554. The number of rotatable bonds is 13. The summed E-state index contributed by atoms with van der Waals surface area (Å²) >= 11 is 0. The van der Waals surface area contributed by atoms with Gasteiger partial charge >= 0.3 is 0 Å². The molecule has 0 bridgehead atoms. The van der Waals surface area contributed by atoms with Crippen LogP contribution in [0.15, 0.2) is 78.1 Å². The Bertz CT molecular complexity index is 1480. The Morgan fingerprint density at radius 3 is 2.34 bits per heavy atom. The third-order valence-electron chi connectivity index (χ3n) is 8.62. The van der Waals surface area contributed by atoms with Gasteiger partial charge in [-0.3, -0.25) is 0 Å². The van der Waals surface area contributed by atoms with E-state index >= 15 is 0 Å². The molecular weight excluding hydrogens is 563 g/mol. The highest BCUT2D eigenvalue weighted by molar-refractivity contribution is 7.81. The number of hydrogen-bond acceptors (Lipinski definition) is 4. The van der Waals surface area contributed by atoms with E-state index < -0.39 is 11.0 Å². The molecule has 1 fully saturated rings. The highest BCUT2D eigenvalue weighted by Gasteiger charge is 2.24. The van der Waals surface area contributed by atoms with Crippen molar-refractivity contribution < 1.29 is 4.21 Å². The van der Waals surface area contributed by atoms with Gasteiger partial charge in [-0.1, -0.05) is 73.5 Å². The fraction of sp³-hybridized carbons (Fsp3) is 0.432. The molecular formula is C37H51N5OS. The molecule has 1 saturated heterocycles. The summed E-state index contributed by atoms with van der Waals surface area (Å²) in [7, 11) is 3.15. The number of benzene rings is 2. The molecule has 1 aliphatic rings. The van der Waals surface area contributed by atoms with E-state index in [0.717, 1.165) is 72.6 Å². The van der Waals surface area contributed by atoms with Crippen molar-refractivity contribution in [2.24, 2.45) is 0 Å². The number of aryl methyl sites for hydroxylation is 1. The first kappa shape index (κ1) is 33.6. The highest BCUT2D eigenvalue weighted by Crippen LogP contribution is 2.29. The van der Waals surface area contributed by atoms with Crippen molar-refractivity contribution >= 4 is 22.6 Å². The van der Waals surface area contributed by atoms with Gasteiger partial charge in [-0.15, -0.1) is 0 Å². The van der Waals surface area contributed by atoms with Crippen molar-refractivity contribution in [3.05, 3.63) is 106 Å². The number of nitrogens with zero attached hydrogens (tertiary/aromatic N) is 4. The average Bonchev–Trinajstić information content (AvgIpc) is 3.43. The van der Waals surface area contributed by atoms with E-state index in [1.54, 1.807) is 0 Å². The molecule has 6 nitrogen and oxygen atoms in total. The third kappa shape index (κ3) is 8.68. The summed E-state index contributed by atoms with van der Waals surface area (Å²) in [6, 6.07) is 17.5. The zero-order valence-corrected chi connectivity index (χ0v) is 28.6. The molecule has 0 radical (unpaired) electrons. The molecule has 0 amide bonds. The molecule has 0 aliphatic carbocycles. The summed E-state index contributed by atoms with van der Waals surface area (Å²) in [6.07, 6.45) is 12.8. The minimum atomic E-state index is -1.02. The minimum Gasteiger partial charge on any atom is -0.381 e.